The molecule has 1 aliphatic rings. The molecule has 2 heterocycles. The van der Waals surface area contributed by atoms with Gasteiger partial charge in [-0.3, -0.25) is 14.9 Å². The Morgan fingerprint density at radius 3 is 2.67 bits per heavy atom. The number of halogens is 1. The van der Waals surface area contributed by atoms with E-state index in [1.807, 2.05) is 4.90 Å². The van der Waals surface area contributed by atoms with Crippen LogP contribution < -0.4 is 5.32 Å². The molecule has 0 bridgehead atoms. The molecule has 1 aromatic heterocycles. The summed E-state index contributed by atoms with van der Waals surface area (Å²) in [6.07, 6.45) is 1.74. The lowest BCUT2D eigenvalue weighted by molar-refractivity contribution is -0.384. The Bertz CT molecular complexity index is 922. The lowest BCUT2D eigenvalue weighted by atomic mass is 10.2. The topological polar surface area (TPSA) is 78.7 Å². The van der Waals surface area contributed by atoms with Crippen molar-refractivity contribution in [1.29, 1.82) is 0 Å². The molecule has 7 nitrogen and oxygen atoms in total. The number of piperazine rings is 1. The second-order valence-electron chi connectivity index (χ2n) is 5.94. The number of nitrogens with one attached hydrogen (secondary N) is 1. The fourth-order valence-corrected chi connectivity index (χ4v) is 4.61. The van der Waals surface area contributed by atoms with Crippen LogP contribution in [0, 0.1) is 10.1 Å². The Kier molecular flexibility index (Phi) is 5.93. The van der Waals surface area contributed by atoms with Crippen LogP contribution in [0.5, 0.6) is 0 Å². The molecule has 27 heavy (non-hydrogen) atoms. The van der Waals surface area contributed by atoms with Gasteiger partial charge >= 0.3 is 0 Å². The van der Waals surface area contributed by atoms with Gasteiger partial charge in [0, 0.05) is 54.9 Å². The van der Waals surface area contributed by atoms with E-state index in [2.05, 4.69) is 11.9 Å². The summed E-state index contributed by atoms with van der Waals surface area (Å²) < 4.78 is 0.631. The molecular weight excluding hydrogens is 408 g/mol. The van der Waals surface area contributed by atoms with Crippen molar-refractivity contribution in [2.24, 2.45) is 0 Å². The van der Waals surface area contributed by atoms with Crippen LogP contribution in [0.25, 0.3) is 10.1 Å². The maximum Gasteiger partial charge on any atom is 0.270 e. The number of carbonyl (C=O) groups is 1. The van der Waals surface area contributed by atoms with Crippen molar-refractivity contribution in [2.75, 3.05) is 32.7 Å². The van der Waals surface area contributed by atoms with E-state index >= 15 is 0 Å². The van der Waals surface area contributed by atoms with Crippen molar-refractivity contribution in [3.05, 3.63) is 50.9 Å². The van der Waals surface area contributed by atoms with E-state index in [-0.39, 0.29) is 11.6 Å². The molecule has 1 aromatic carbocycles. The number of amides is 1. The molecule has 1 aliphatic heterocycles. The molecule has 1 fully saturated rings. The summed E-state index contributed by atoms with van der Waals surface area (Å²) in [6.45, 7) is 6.55. The van der Waals surface area contributed by atoms with E-state index in [0.717, 1.165) is 0 Å². The third kappa shape index (κ3) is 4.05. The van der Waals surface area contributed by atoms with E-state index in [4.69, 9.17) is 23.8 Å². The molecule has 1 amide bonds. The molecule has 0 atom stereocenters. The lowest BCUT2D eigenvalue weighted by Crippen LogP contribution is -2.53. The van der Waals surface area contributed by atoms with E-state index in [0.29, 0.717) is 57.8 Å². The summed E-state index contributed by atoms with van der Waals surface area (Å²) in [6, 6.07) is 4.43. The number of rotatable bonds is 4. The number of nitro groups is 1. The van der Waals surface area contributed by atoms with Crippen LogP contribution >= 0.6 is 35.2 Å². The van der Waals surface area contributed by atoms with Crippen molar-refractivity contribution in [3.8, 4) is 0 Å². The highest BCUT2D eigenvalue weighted by molar-refractivity contribution is 7.80. The summed E-state index contributed by atoms with van der Waals surface area (Å²) in [5.41, 5.74) is -0.0198. The SMILES string of the molecule is C=CCNC(=S)N1CCN(C(=O)c2sc3cc([N+](=O)[O-])ccc3c2Cl)CC1. The van der Waals surface area contributed by atoms with Gasteiger partial charge < -0.3 is 15.1 Å². The predicted molar refractivity (Wildman–Crippen MR) is 112 cm³/mol. The van der Waals surface area contributed by atoms with Gasteiger partial charge in [-0.15, -0.1) is 17.9 Å². The maximum atomic E-state index is 12.9. The fourth-order valence-electron chi connectivity index (χ4n) is 2.83. The monoisotopic (exact) mass is 424 g/mol. The lowest BCUT2D eigenvalue weighted by Gasteiger charge is -2.36. The number of benzene rings is 1. The smallest absolute Gasteiger partial charge is 0.270 e. The number of thiocarbonyl (C=S) groups is 1. The highest BCUT2D eigenvalue weighted by Gasteiger charge is 2.27. The van der Waals surface area contributed by atoms with Gasteiger partial charge in [0.1, 0.15) is 4.88 Å². The molecule has 142 valence electrons. The largest absolute Gasteiger partial charge is 0.359 e. The molecular formula is C17H17ClN4O3S2. The number of carbonyl (C=O) groups excluding carboxylic acids is 1. The van der Waals surface area contributed by atoms with Gasteiger partial charge in [-0.25, -0.2) is 0 Å². The van der Waals surface area contributed by atoms with Crippen LogP contribution in [0.15, 0.2) is 30.9 Å². The fraction of sp³-hybridized carbons (Fsp3) is 0.294. The van der Waals surface area contributed by atoms with E-state index in [1.54, 1.807) is 17.0 Å². The van der Waals surface area contributed by atoms with Crippen molar-refractivity contribution in [3.63, 3.8) is 0 Å². The molecule has 1 N–H and O–H groups in total. The molecule has 3 rings (SSSR count). The maximum absolute atomic E-state index is 12.9. The minimum atomic E-state index is -0.461. The zero-order chi connectivity index (χ0) is 19.6. The predicted octanol–water partition coefficient (Wildman–Crippen LogP) is 3.28. The average Bonchev–Trinajstić information content (AvgIpc) is 3.01. The minimum absolute atomic E-state index is 0.0198. The summed E-state index contributed by atoms with van der Waals surface area (Å²) in [5, 5.41) is 15.7. The first kappa shape index (κ1) is 19.5. The van der Waals surface area contributed by atoms with E-state index < -0.39 is 4.92 Å². The van der Waals surface area contributed by atoms with E-state index in [9.17, 15) is 14.9 Å². The van der Waals surface area contributed by atoms with Gasteiger partial charge in [0.2, 0.25) is 0 Å². The van der Waals surface area contributed by atoms with Gasteiger partial charge in [-0.2, -0.15) is 0 Å². The Balaban J connectivity index is 1.73. The highest BCUT2D eigenvalue weighted by atomic mass is 35.5. The Hall–Kier alpha value is -2.23. The van der Waals surface area contributed by atoms with Crippen molar-refractivity contribution < 1.29 is 9.72 Å². The van der Waals surface area contributed by atoms with Gasteiger partial charge in [-0.05, 0) is 18.3 Å². The van der Waals surface area contributed by atoms with Gasteiger partial charge in [-0.1, -0.05) is 17.7 Å². The summed E-state index contributed by atoms with van der Waals surface area (Å²) >= 11 is 12.9. The molecule has 1 saturated heterocycles. The Labute approximate surface area is 170 Å². The normalized spacial score (nSPS) is 14.3. The number of fused-ring (bicyclic) bond motifs is 1. The second kappa shape index (κ2) is 8.20. The standard InChI is InChI=1S/C17H17ClN4O3S2/c1-2-5-19-17(26)21-8-6-20(7-9-21)16(23)15-14(18)12-4-3-11(22(24)25)10-13(12)27-15/h2-4,10H,1,5-9H2,(H,19,26). The number of nitrogens with zero attached hydrogens (tertiary/aromatic N) is 3. The Morgan fingerprint density at radius 1 is 1.37 bits per heavy atom. The first-order chi connectivity index (χ1) is 12.9. The molecule has 0 unspecified atom stereocenters. The third-order valence-electron chi connectivity index (χ3n) is 4.27. The third-order valence-corrected chi connectivity index (χ3v) is 6.32. The van der Waals surface area contributed by atoms with Gasteiger partial charge in [0.15, 0.2) is 5.11 Å². The van der Waals surface area contributed by atoms with Crippen LogP contribution in [0.4, 0.5) is 5.69 Å². The number of hydrogen-bond donors (Lipinski definition) is 1. The molecule has 10 heteroatoms. The first-order valence-corrected chi connectivity index (χ1v) is 9.82. The van der Waals surface area contributed by atoms with Crippen LogP contribution in [0.3, 0.4) is 0 Å². The highest BCUT2D eigenvalue weighted by Crippen LogP contribution is 2.37. The molecule has 2 aromatic rings. The van der Waals surface area contributed by atoms with E-state index in [1.165, 1.54) is 23.5 Å². The molecule has 0 saturated carbocycles. The minimum Gasteiger partial charge on any atom is -0.359 e. The zero-order valence-corrected chi connectivity index (χ0v) is 16.7. The summed E-state index contributed by atoms with van der Waals surface area (Å²) in [5.74, 6) is -0.159. The zero-order valence-electron chi connectivity index (χ0n) is 14.3. The Morgan fingerprint density at radius 2 is 2.04 bits per heavy atom. The molecule has 0 radical (unpaired) electrons. The number of non-ortho nitro benzene ring substituents is 1. The second-order valence-corrected chi connectivity index (χ2v) is 7.75. The molecule has 0 spiro atoms. The van der Waals surface area contributed by atoms with Gasteiger partial charge in [0.25, 0.3) is 11.6 Å². The van der Waals surface area contributed by atoms with Crippen LogP contribution in [-0.2, 0) is 0 Å². The van der Waals surface area contributed by atoms with Crippen LogP contribution in [-0.4, -0.2) is 58.5 Å². The summed E-state index contributed by atoms with van der Waals surface area (Å²) in [4.78, 5) is 27.5. The van der Waals surface area contributed by atoms with Crippen molar-refractivity contribution >= 4 is 61.9 Å². The van der Waals surface area contributed by atoms with Crippen LogP contribution in [0.1, 0.15) is 9.67 Å². The number of thiophene rings is 1. The van der Waals surface area contributed by atoms with Crippen molar-refractivity contribution in [1.82, 2.24) is 15.1 Å². The summed E-state index contributed by atoms with van der Waals surface area (Å²) in [7, 11) is 0. The number of nitro benzene ring substituents is 1. The van der Waals surface area contributed by atoms with Crippen molar-refractivity contribution in [2.45, 2.75) is 0 Å². The first-order valence-electron chi connectivity index (χ1n) is 8.21. The van der Waals surface area contributed by atoms with Gasteiger partial charge in [0.05, 0.1) is 9.95 Å². The van der Waals surface area contributed by atoms with Crippen LogP contribution in [0.2, 0.25) is 5.02 Å². The quantitative estimate of drug-likeness (QED) is 0.351. The number of hydrogen-bond acceptors (Lipinski definition) is 5. The average molecular weight is 425 g/mol. The molecule has 0 aliphatic carbocycles.